The highest BCUT2D eigenvalue weighted by molar-refractivity contribution is 5.98. The summed E-state index contributed by atoms with van der Waals surface area (Å²) in [5.74, 6) is 0.120. The first-order chi connectivity index (χ1) is 12.7. The van der Waals surface area contributed by atoms with E-state index in [2.05, 4.69) is 11.4 Å². The van der Waals surface area contributed by atoms with E-state index in [9.17, 15) is 4.79 Å². The summed E-state index contributed by atoms with van der Waals surface area (Å²) in [7, 11) is 0. The molecule has 128 valence electrons. The van der Waals surface area contributed by atoms with Crippen molar-refractivity contribution in [1.29, 1.82) is 5.26 Å². The monoisotopic (exact) mass is 342 g/mol. The first-order valence-electron chi connectivity index (χ1n) is 8.30. The van der Waals surface area contributed by atoms with Crippen molar-refractivity contribution in [3.8, 4) is 22.9 Å². The molecule has 0 aromatic heterocycles. The fourth-order valence-corrected chi connectivity index (χ4v) is 2.60. The van der Waals surface area contributed by atoms with Gasteiger partial charge >= 0.3 is 0 Å². The van der Waals surface area contributed by atoms with E-state index >= 15 is 0 Å². The van der Waals surface area contributed by atoms with Crippen LogP contribution < -0.4 is 10.1 Å². The van der Waals surface area contributed by atoms with E-state index < -0.39 is 6.10 Å². The molecule has 0 aliphatic carbocycles. The minimum atomic E-state index is -0.742. The molecule has 1 N–H and O–H groups in total. The zero-order valence-electron chi connectivity index (χ0n) is 14.3. The van der Waals surface area contributed by atoms with Crippen LogP contribution in [-0.4, -0.2) is 12.0 Å². The predicted octanol–water partition coefficient (Wildman–Crippen LogP) is 4.63. The van der Waals surface area contributed by atoms with Crippen LogP contribution in [0.3, 0.4) is 0 Å². The molecule has 0 spiro atoms. The maximum Gasteiger partial charge on any atom is 0.265 e. The average Bonchev–Trinajstić information content (AvgIpc) is 2.69. The van der Waals surface area contributed by atoms with Crippen LogP contribution in [0.2, 0.25) is 0 Å². The van der Waals surface area contributed by atoms with Gasteiger partial charge in [0.25, 0.3) is 5.91 Å². The third-order valence-electron chi connectivity index (χ3n) is 3.95. The number of para-hydroxylation sites is 2. The summed E-state index contributed by atoms with van der Waals surface area (Å²) in [4.78, 5) is 12.6. The van der Waals surface area contributed by atoms with Crippen LogP contribution in [0, 0.1) is 11.3 Å². The van der Waals surface area contributed by atoms with Crippen molar-refractivity contribution in [2.45, 2.75) is 13.0 Å². The van der Waals surface area contributed by atoms with Gasteiger partial charge in [0.1, 0.15) is 11.8 Å². The molecule has 3 rings (SSSR count). The van der Waals surface area contributed by atoms with E-state index in [-0.39, 0.29) is 5.91 Å². The molecule has 0 saturated carbocycles. The lowest BCUT2D eigenvalue weighted by atomic mass is 10.0. The number of hydrogen-bond acceptors (Lipinski definition) is 3. The standard InChI is InChI=1S/C22H18N2O2/c1-16(26-21-14-8-5-11-18(21)15-23)22(25)24-20-13-7-6-12-19(20)17-9-3-2-4-10-17/h2-14,16H,1H3,(H,24,25)/t16-/m1/s1. The number of hydrogen-bond donors (Lipinski definition) is 1. The molecule has 0 saturated heterocycles. The molecule has 1 amide bonds. The summed E-state index contributed by atoms with van der Waals surface area (Å²) < 4.78 is 5.68. The molecule has 4 nitrogen and oxygen atoms in total. The van der Waals surface area contributed by atoms with E-state index in [1.54, 1.807) is 31.2 Å². The third kappa shape index (κ3) is 3.90. The smallest absolute Gasteiger partial charge is 0.265 e. The number of nitrogens with zero attached hydrogens (tertiary/aromatic N) is 1. The second kappa shape index (κ2) is 8.00. The zero-order valence-corrected chi connectivity index (χ0v) is 14.3. The van der Waals surface area contributed by atoms with Crippen molar-refractivity contribution in [1.82, 2.24) is 0 Å². The Morgan fingerprint density at radius 1 is 0.962 bits per heavy atom. The Kier molecular flexibility index (Phi) is 5.31. The summed E-state index contributed by atoms with van der Waals surface area (Å²) in [6.45, 7) is 1.66. The lowest BCUT2D eigenvalue weighted by Gasteiger charge is -2.17. The van der Waals surface area contributed by atoms with Gasteiger partial charge in [-0.3, -0.25) is 4.79 Å². The maximum atomic E-state index is 12.6. The maximum absolute atomic E-state index is 12.6. The molecule has 3 aromatic carbocycles. The number of carbonyl (C=O) groups excluding carboxylic acids is 1. The lowest BCUT2D eigenvalue weighted by molar-refractivity contribution is -0.122. The van der Waals surface area contributed by atoms with Crippen molar-refractivity contribution in [2.24, 2.45) is 0 Å². The molecule has 1 atom stereocenters. The third-order valence-corrected chi connectivity index (χ3v) is 3.95. The van der Waals surface area contributed by atoms with Gasteiger partial charge in [-0.2, -0.15) is 5.26 Å². The number of amides is 1. The van der Waals surface area contributed by atoms with E-state index in [4.69, 9.17) is 10.00 Å². The Hall–Kier alpha value is -3.58. The van der Waals surface area contributed by atoms with Gasteiger partial charge in [-0.1, -0.05) is 60.7 Å². The van der Waals surface area contributed by atoms with Crippen molar-refractivity contribution in [3.63, 3.8) is 0 Å². The number of benzene rings is 3. The van der Waals surface area contributed by atoms with Gasteiger partial charge in [0.2, 0.25) is 0 Å². The first kappa shape index (κ1) is 17.2. The van der Waals surface area contributed by atoms with Crippen LogP contribution in [0.1, 0.15) is 12.5 Å². The Morgan fingerprint density at radius 3 is 2.38 bits per heavy atom. The number of nitriles is 1. The minimum absolute atomic E-state index is 0.277. The minimum Gasteiger partial charge on any atom is -0.480 e. The zero-order chi connectivity index (χ0) is 18.4. The van der Waals surface area contributed by atoms with Crippen LogP contribution in [0.5, 0.6) is 5.75 Å². The number of rotatable bonds is 5. The van der Waals surface area contributed by atoms with Gasteiger partial charge in [0.05, 0.1) is 5.56 Å². The molecule has 0 aliphatic rings. The predicted molar refractivity (Wildman–Crippen MR) is 102 cm³/mol. The van der Waals surface area contributed by atoms with Crippen molar-refractivity contribution >= 4 is 11.6 Å². The molecule has 0 bridgehead atoms. The molecule has 0 unspecified atom stereocenters. The summed E-state index contributed by atoms with van der Waals surface area (Å²) in [5.41, 5.74) is 3.07. The summed E-state index contributed by atoms with van der Waals surface area (Å²) in [6.07, 6.45) is -0.742. The molecular weight excluding hydrogens is 324 g/mol. The van der Waals surface area contributed by atoms with Crippen LogP contribution in [-0.2, 0) is 4.79 Å². The van der Waals surface area contributed by atoms with Gasteiger partial charge in [-0.25, -0.2) is 0 Å². The Morgan fingerprint density at radius 2 is 1.62 bits per heavy atom. The van der Waals surface area contributed by atoms with Gasteiger partial charge < -0.3 is 10.1 Å². The fraction of sp³-hybridized carbons (Fsp3) is 0.0909. The Balaban J connectivity index is 1.77. The largest absolute Gasteiger partial charge is 0.480 e. The molecular formula is C22H18N2O2. The molecule has 26 heavy (non-hydrogen) atoms. The van der Waals surface area contributed by atoms with Gasteiger partial charge in [-0.15, -0.1) is 0 Å². The van der Waals surface area contributed by atoms with Gasteiger partial charge in [0.15, 0.2) is 6.10 Å². The topological polar surface area (TPSA) is 62.1 Å². The normalized spacial score (nSPS) is 11.2. The van der Waals surface area contributed by atoms with Crippen LogP contribution >= 0.6 is 0 Å². The molecule has 0 heterocycles. The Bertz CT molecular complexity index is 946. The van der Waals surface area contributed by atoms with Gasteiger partial charge in [0, 0.05) is 11.3 Å². The number of ether oxygens (including phenoxy) is 1. The van der Waals surface area contributed by atoms with Crippen LogP contribution in [0.25, 0.3) is 11.1 Å². The summed E-state index contributed by atoms with van der Waals surface area (Å²) in [5, 5.41) is 12.1. The first-order valence-corrected chi connectivity index (χ1v) is 8.30. The average molecular weight is 342 g/mol. The summed E-state index contributed by atoms with van der Waals surface area (Å²) in [6, 6.07) is 26.4. The van der Waals surface area contributed by atoms with E-state index in [0.29, 0.717) is 17.0 Å². The second-order valence-electron chi connectivity index (χ2n) is 5.77. The highest BCUT2D eigenvalue weighted by Gasteiger charge is 2.18. The lowest BCUT2D eigenvalue weighted by Crippen LogP contribution is -2.30. The summed E-state index contributed by atoms with van der Waals surface area (Å²) >= 11 is 0. The van der Waals surface area contributed by atoms with Crippen molar-refractivity contribution < 1.29 is 9.53 Å². The molecule has 3 aromatic rings. The van der Waals surface area contributed by atoms with E-state index in [1.165, 1.54) is 0 Å². The number of anilines is 1. The van der Waals surface area contributed by atoms with Crippen LogP contribution in [0.4, 0.5) is 5.69 Å². The van der Waals surface area contributed by atoms with E-state index in [0.717, 1.165) is 11.1 Å². The fourth-order valence-electron chi connectivity index (χ4n) is 2.60. The Labute approximate surface area is 152 Å². The highest BCUT2D eigenvalue weighted by atomic mass is 16.5. The van der Waals surface area contributed by atoms with Crippen molar-refractivity contribution in [3.05, 3.63) is 84.4 Å². The van der Waals surface area contributed by atoms with Gasteiger partial charge in [-0.05, 0) is 30.7 Å². The molecule has 0 fully saturated rings. The molecule has 4 heteroatoms. The van der Waals surface area contributed by atoms with Crippen molar-refractivity contribution in [2.75, 3.05) is 5.32 Å². The second-order valence-corrected chi connectivity index (χ2v) is 5.77. The number of carbonyl (C=O) groups is 1. The van der Waals surface area contributed by atoms with Crippen LogP contribution in [0.15, 0.2) is 78.9 Å². The molecule has 0 radical (unpaired) electrons. The van der Waals surface area contributed by atoms with E-state index in [1.807, 2.05) is 54.6 Å². The number of nitrogens with one attached hydrogen (secondary N) is 1. The SMILES string of the molecule is C[C@@H](Oc1ccccc1C#N)C(=O)Nc1ccccc1-c1ccccc1. The molecule has 0 aliphatic heterocycles. The highest BCUT2D eigenvalue weighted by Crippen LogP contribution is 2.28. The quantitative estimate of drug-likeness (QED) is 0.735.